The minimum absolute atomic E-state index is 0.135. The molecule has 4 rings (SSSR count). The summed E-state index contributed by atoms with van der Waals surface area (Å²) in [6.07, 6.45) is 6.35. The standard InChI is InChI=1S/C25H33N5O2/c1-4-30-24-21(16-28-30)23(29-20-9-11-32-12-10-20)22(15-26-24)25(31)27-14-19-7-5-18(6-8-19)13-17(2)3/h5-8,15-17,20H,4,9-14H2,1-3H3,(H,26,29)(H,27,31). The molecule has 1 amide bonds. The quantitative estimate of drug-likeness (QED) is 0.555. The van der Waals surface area contributed by atoms with E-state index >= 15 is 0 Å². The van der Waals surface area contributed by atoms with E-state index in [1.165, 1.54) is 5.56 Å². The first-order valence-electron chi connectivity index (χ1n) is 11.6. The van der Waals surface area contributed by atoms with Gasteiger partial charge >= 0.3 is 0 Å². The van der Waals surface area contributed by atoms with Gasteiger partial charge in [-0.15, -0.1) is 0 Å². The molecule has 2 aromatic heterocycles. The lowest BCUT2D eigenvalue weighted by Gasteiger charge is -2.25. The van der Waals surface area contributed by atoms with Gasteiger partial charge in [0, 0.05) is 38.5 Å². The molecule has 0 saturated carbocycles. The number of hydrogen-bond acceptors (Lipinski definition) is 5. The van der Waals surface area contributed by atoms with Crippen LogP contribution in [0.4, 0.5) is 5.69 Å². The average Bonchev–Trinajstić information content (AvgIpc) is 3.22. The molecule has 0 unspecified atom stereocenters. The van der Waals surface area contributed by atoms with Crippen LogP contribution in [-0.2, 0) is 24.2 Å². The number of pyridine rings is 1. The summed E-state index contributed by atoms with van der Waals surface area (Å²) in [6.45, 7) is 9.13. The van der Waals surface area contributed by atoms with Gasteiger partial charge in [-0.2, -0.15) is 5.10 Å². The van der Waals surface area contributed by atoms with Crippen LogP contribution in [-0.4, -0.2) is 39.9 Å². The van der Waals surface area contributed by atoms with Gasteiger partial charge in [0.25, 0.3) is 5.91 Å². The van der Waals surface area contributed by atoms with Gasteiger partial charge in [-0.1, -0.05) is 38.1 Å². The highest BCUT2D eigenvalue weighted by molar-refractivity contribution is 6.06. The van der Waals surface area contributed by atoms with Crippen molar-refractivity contribution in [2.24, 2.45) is 5.92 Å². The van der Waals surface area contributed by atoms with Gasteiger partial charge in [-0.3, -0.25) is 4.79 Å². The molecule has 1 fully saturated rings. The van der Waals surface area contributed by atoms with Crippen LogP contribution in [0.2, 0.25) is 0 Å². The number of carbonyl (C=O) groups excluding carboxylic acids is 1. The van der Waals surface area contributed by atoms with Crippen LogP contribution in [0.25, 0.3) is 11.0 Å². The maximum atomic E-state index is 13.2. The first kappa shape index (κ1) is 22.3. The average molecular weight is 436 g/mol. The lowest BCUT2D eigenvalue weighted by molar-refractivity contribution is 0.0904. The van der Waals surface area contributed by atoms with E-state index in [9.17, 15) is 4.79 Å². The molecule has 3 heterocycles. The number of carbonyl (C=O) groups is 1. The Hall–Kier alpha value is -2.93. The number of fused-ring (bicyclic) bond motifs is 1. The van der Waals surface area contributed by atoms with E-state index in [0.717, 1.165) is 61.3 Å². The predicted octanol–water partition coefficient (Wildman–Crippen LogP) is 4.17. The third kappa shape index (κ3) is 5.10. The van der Waals surface area contributed by atoms with Crippen LogP contribution < -0.4 is 10.6 Å². The van der Waals surface area contributed by atoms with Crippen molar-refractivity contribution in [1.82, 2.24) is 20.1 Å². The maximum Gasteiger partial charge on any atom is 0.255 e. The largest absolute Gasteiger partial charge is 0.381 e. The van der Waals surface area contributed by atoms with Crippen LogP contribution in [0.1, 0.15) is 55.1 Å². The van der Waals surface area contributed by atoms with E-state index < -0.39 is 0 Å². The lowest BCUT2D eigenvalue weighted by atomic mass is 10.0. The van der Waals surface area contributed by atoms with Crippen molar-refractivity contribution in [2.75, 3.05) is 18.5 Å². The highest BCUT2D eigenvalue weighted by Crippen LogP contribution is 2.28. The van der Waals surface area contributed by atoms with Gasteiger partial charge in [-0.25, -0.2) is 9.67 Å². The summed E-state index contributed by atoms with van der Waals surface area (Å²) in [7, 11) is 0. The first-order chi connectivity index (χ1) is 15.5. The zero-order valence-corrected chi connectivity index (χ0v) is 19.2. The number of amides is 1. The van der Waals surface area contributed by atoms with E-state index in [4.69, 9.17) is 4.74 Å². The SMILES string of the molecule is CCn1ncc2c(NC3CCOCC3)c(C(=O)NCc3ccc(CC(C)C)cc3)cnc21. The van der Waals surface area contributed by atoms with Crippen molar-refractivity contribution in [3.63, 3.8) is 0 Å². The van der Waals surface area contributed by atoms with Crippen LogP contribution in [0, 0.1) is 5.92 Å². The monoisotopic (exact) mass is 435 g/mol. The van der Waals surface area contributed by atoms with Gasteiger partial charge in [-0.05, 0) is 43.2 Å². The molecule has 0 atom stereocenters. The molecule has 7 heteroatoms. The van der Waals surface area contributed by atoms with Gasteiger partial charge < -0.3 is 15.4 Å². The molecule has 170 valence electrons. The summed E-state index contributed by atoms with van der Waals surface area (Å²) in [5.74, 6) is 0.492. The summed E-state index contributed by atoms with van der Waals surface area (Å²) >= 11 is 0. The third-order valence-electron chi connectivity index (χ3n) is 5.90. The Kier molecular flexibility index (Phi) is 7.05. The highest BCUT2D eigenvalue weighted by atomic mass is 16.5. The topological polar surface area (TPSA) is 81.1 Å². The number of aryl methyl sites for hydroxylation is 1. The summed E-state index contributed by atoms with van der Waals surface area (Å²) in [6, 6.07) is 8.73. The van der Waals surface area contributed by atoms with Crippen molar-refractivity contribution in [2.45, 2.75) is 59.2 Å². The van der Waals surface area contributed by atoms with E-state index in [-0.39, 0.29) is 11.9 Å². The minimum atomic E-state index is -0.135. The Balaban J connectivity index is 1.53. The summed E-state index contributed by atoms with van der Waals surface area (Å²) in [4.78, 5) is 17.7. The molecular weight excluding hydrogens is 402 g/mol. The Morgan fingerprint density at radius 3 is 2.56 bits per heavy atom. The van der Waals surface area contributed by atoms with Crippen LogP contribution in [0.15, 0.2) is 36.7 Å². The molecule has 2 N–H and O–H groups in total. The van der Waals surface area contributed by atoms with Gasteiger partial charge in [0.05, 0.1) is 22.8 Å². The third-order valence-corrected chi connectivity index (χ3v) is 5.90. The molecule has 0 spiro atoms. The Labute approximate surface area is 189 Å². The number of nitrogens with one attached hydrogen (secondary N) is 2. The first-order valence-corrected chi connectivity index (χ1v) is 11.6. The zero-order chi connectivity index (χ0) is 22.5. The van der Waals surface area contributed by atoms with Crippen molar-refractivity contribution in [1.29, 1.82) is 0 Å². The maximum absolute atomic E-state index is 13.2. The second kappa shape index (κ2) is 10.1. The Morgan fingerprint density at radius 1 is 1.16 bits per heavy atom. The van der Waals surface area contributed by atoms with E-state index in [2.05, 4.69) is 58.8 Å². The number of anilines is 1. The van der Waals surface area contributed by atoms with Crippen molar-refractivity contribution >= 4 is 22.6 Å². The number of aromatic nitrogens is 3. The van der Waals surface area contributed by atoms with E-state index in [1.54, 1.807) is 12.4 Å². The van der Waals surface area contributed by atoms with Crippen molar-refractivity contribution in [3.05, 3.63) is 53.3 Å². The zero-order valence-electron chi connectivity index (χ0n) is 19.2. The molecule has 3 aromatic rings. The fraction of sp³-hybridized carbons (Fsp3) is 0.480. The van der Waals surface area contributed by atoms with Crippen molar-refractivity contribution < 1.29 is 9.53 Å². The molecule has 1 aromatic carbocycles. The molecule has 32 heavy (non-hydrogen) atoms. The fourth-order valence-electron chi connectivity index (χ4n) is 4.17. The van der Waals surface area contributed by atoms with Crippen LogP contribution >= 0.6 is 0 Å². The number of nitrogens with zero attached hydrogens (tertiary/aromatic N) is 3. The lowest BCUT2D eigenvalue weighted by Crippen LogP contribution is -2.30. The van der Waals surface area contributed by atoms with Gasteiger partial charge in [0.15, 0.2) is 5.65 Å². The summed E-state index contributed by atoms with van der Waals surface area (Å²) < 4.78 is 7.35. The molecule has 0 bridgehead atoms. The number of ether oxygens (including phenoxy) is 1. The fourth-order valence-corrected chi connectivity index (χ4v) is 4.17. The molecular formula is C25H33N5O2. The smallest absolute Gasteiger partial charge is 0.255 e. The van der Waals surface area contributed by atoms with Crippen LogP contribution in [0.5, 0.6) is 0 Å². The molecule has 1 saturated heterocycles. The summed E-state index contributed by atoms with van der Waals surface area (Å²) in [5, 5.41) is 12.0. The second-order valence-corrected chi connectivity index (χ2v) is 8.87. The Morgan fingerprint density at radius 2 is 1.88 bits per heavy atom. The highest BCUT2D eigenvalue weighted by Gasteiger charge is 2.22. The van der Waals surface area contributed by atoms with E-state index in [1.807, 2.05) is 11.6 Å². The Bertz CT molecular complexity index is 1050. The second-order valence-electron chi connectivity index (χ2n) is 8.87. The van der Waals surface area contributed by atoms with Crippen molar-refractivity contribution in [3.8, 4) is 0 Å². The normalized spacial score (nSPS) is 14.8. The summed E-state index contributed by atoms with van der Waals surface area (Å²) in [5.41, 5.74) is 4.56. The molecule has 1 aliphatic heterocycles. The molecule has 0 radical (unpaired) electrons. The predicted molar refractivity (Wildman–Crippen MR) is 127 cm³/mol. The molecule has 7 nitrogen and oxygen atoms in total. The number of hydrogen-bond donors (Lipinski definition) is 2. The molecule has 1 aliphatic rings. The molecule has 0 aliphatic carbocycles. The van der Waals surface area contributed by atoms with Crippen LogP contribution in [0.3, 0.4) is 0 Å². The number of rotatable bonds is 8. The minimum Gasteiger partial charge on any atom is -0.381 e. The van der Waals surface area contributed by atoms with E-state index in [0.29, 0.717) is 18.0 Å². The van der Waals surface area contributed by atoms with Gasteiger partial charge in [0.1, 0.15) is 0 Å². The van der Waals surface area contributed by atoms with Gasteiger partial charge in [0.2, 0.25) is 0 Å². The number of benzene rings is 1.